The fourth-order valence-corrected chi connectivity index (χ4v) is 1.58. The summed E-state index contributed by atoms with van der Waals surface area (Å²) in [5.41, 5.74) is 0.0330. The number of Topliss-reactive ketones (excluding diaryl/α,β-unsaturated/α-hetero) is 1. The van der Waals surface area contributed by atoms with Crippen LogP contribution in [0, 0.1) is 15.9 Å². The largest absolute Gasteiger partial charge is 0.496 e. The number of benzene rings is 1. The van der Waals surface area contributed by atoms with Gasteiger partial charge in [-0.05, 0) is 23.1 Å². The van der Waals surface area contributed by atoms with E-state index < -0.39 is 22.5 Å². The summed E-state index contributed by atoms with van der Waals surface area (Å²) in [5, 5.41) is 13.9. The number of carbonyl (C=O) groups is 1. The average Bonchev–Trinajstić information content (AvgIpc) is 2.87. The molecule has 0 aliphatic carbocycles. The van der Waals surface area contributed by atoms with Gasteiger partial charge in [0.15, 0.2) is 5.78 Å². The molecule has 0 saturated carbocycles. The Bertz CT molecular complexity index is 670. The minimum absolute atomic E-state index is 0.0330. The highest BCUT2D eigenvalue weighted by atomic mass is 19.1. The summed E-state index contributed by atoms with van der Waals surface area (Å²) < 4.78 is 19.1. The predicted octanol–water partition coefficient (Wildman–Crippen LogP) is 1.22. The van der Waals surface area contributed by atoms with Crippen molar-refractivity contribution in [1.29, 1.82) is 0 Å². The van der Waals surface area contributed by atoms with Crippen LogP contribution < -0.4 is 4.74 Å². The number of halogens is 1. The van der Waals surface area contributed by atoms with Crippen LogP contribution in [-0.2, 0) is 6.54 Å². The van der Waals surface area contributed by atoms with E-state index in [0.29, 0.717) is 0 Å². The van der Waals surface area contributed by atoms with Crippen molar-refractivity contribution in [3.8, 4) is 5.75 Å². The Morgan fingerprint density at radius 1 is 1.55 bits per heavy atom. The van der Waals surface area contributed by atoms with Gasteiger partial charge in [-0.15, -0.1) is 0 Å². The molecule has 8 nitrogen and oxygen atoms in total. The summed E-state index contributed by atoms with van der Waals surface area (Å²) in [6, 6.07) is 3.52. The monoisotopic (exact) mass is 280 g/mol. The van der Waals surface area contributed by atoms with Crippen LogP contribution in [0.1, 0.15) is 10.4 Å². The number of nitrogens with zero attached hydrogens (tertiary/aromatic N) is 4. The molecule has 0 aliphatic heterocycles. The first-order valence-electron chi connectivity index (χ1n) is 5.42. The third-order valence-corrected chi connectivity index (χ3v) is 2.46. The van der Waals surface area contributed by atoms with Gasteiger partial charge >= 0.3 is 5.95 Å². The summed E-state index contributed by atoms with van der Waals surface area (Å²) >= 11 is 0. The summed E-state index contributed by atoms with van der Waals surface area (Å²) in [4.78, 5) is 25.1. The standard InChI is InChI=1S/C11H9FN4O4/c1-20-10-3-2-7(12)4-8(10)9(17)5-15-6-13-11(14-15)16(18)19/h2-4,6H,5H2,1H3. The molecule has 1 aromatic heterocycles. The highest BCUT2D eigenvalue weighted by Crippen LogP contribution is 2.20. The minimum Gasteiger partial charge on any atom is -0.496 e. The van der Waals surface area contributed by atoms with E-state index in [1.54, 1.807) is 0 Å². The number of carbonyl (C=O) groups excluding carboxylic acids is 1. The Morgan fingerprint density at radius 2 is 2.30 bits per heavy atom. The molecule has 9 heteroatoms. The lowest BCUT2D eigenvalue weighted by molar-refractivity contribution is -0.394. The fraction of sp³-hybridized carbons (Fsp3) is 0.182. The normalized spacial score (nSPS) is 10.3. The molecule has 0 bridgehead atoms. The number of hydrogen-bond donors (Lipinski definition) is 0. The van der Waals surface area contributed by atoms with E-state index >= 15 is 0 Å². The second-order valence-electron chi connectivity index (χ2n) is 3.77. The molecule has 0 radical (unpaired) electrons. The number of ketones is 1. The van der Waals surface area contributed by atoms with Gasteiger partial charge in [0.25, 0.3) is 0 Å². The third kappa shape index (κ3) is 2.76. The maximum atomic E-state index is 13.2. The van der Waals surface area contributed by atoms with E-state index in [0.717, 1.165) is 23.1 Å². The first-order chi connectivity index (χ1) is 9.51. The number of ether oxygens (including phenoxy) is 1. The fourth-order valence-electron chi connectivity index (χ4n) is 1.58. The molecule has 2 rings (SSSR count). The maximum absolute atomic E-state index is 13.2. The van der Waals surface area contributed by atoms with E-state index in [2.05, 4.69) is 10.1 Å². The number of hydrogen-bond acceptors (Lipinski definition) is 6. The Kier molecular flexibility index (Phi) is 3.69. The molecule has 0 atom stereocenters. The molecule has 0 aliphatic rings. The molecule has 1 aromatic carbocycles. The van der Waals surface area contributed by atoms with Crippen molar-refractivity contribution in [3.63, 3.8) is 0 Å². The van der Waals surface area contributed by atoms with Crippen LogP contribution in [0.4, 0.5) is 10.3 Å². The topological polar surface area (TPSA) is 100 Å². The van der Waals surface area contributed by atoms with Gasteiger partial charge in [0, 0.05) is 5.10 Å². The van der Waals surface area contributed by atoms with Crippen LogP contribution in [0.2, 0.25) is 0 Å². The molecular formula is C11H9FN4O4. The molecule has 0 N–H and O–H groups in total. The van der Waals surface area contributed by atoms with Gasteiger partial charge in [0.1, 0.15) is 18.1 Å². The van der Waals surface area contributed by atoms with E-state index in [9.17, 15) is 19.3 Å². The minimum atomic E-state index is -0.774. The van der Waals surface area contributed by atoms with Crippen LogP contribution in [0.25, 0.3) is 0 Å². The van der Waals surface area contributed by atoms with Crippen LogP contribution in [-0.4, -0.2) is 32.6 Å². The predicted molar refractivity (Wildman–Crippen MR) is 64.0 cm³/mol. The van der Waals surface area contributed by atoms with E-state index in [1.165, 1.54) is 13.2 Å². The van der Waals surface area contributed by atoms with E-state index in [4.69, 9.17) is 4.74 Å². The molecule has 0 fully saturated rings. The first kappa shape index (κ1) is 13.6. The van der Waals surface area contributed by atoms with Crippen molar-refractivity contribution in [1.82, 2.24) is 14.8 Å². The molecule has 0 saturated heterocycles. The van der Waals surface area contributed by atoms with Crippen molar-refractivity contribution in [3.05, 3.63) is 46.0 Å². The van der Waals surface area contributed by atoms with Gasteiger partial charge in [-0.1, -0.05) is 4.98 Å². The lowest BCUT2D eigenvalue weighted by atomic mass is 10.1. The summed E-state index contributed by atoms with van der Waals surface area (Å²) in [7, 11) is 1.35. The number of nitro groups is 1. The van der Waals surface area contributed by atoms with Crippen molar-refractivity contribution in [2.45, 2.75) is 6.54 Å². The first-order valence-corrected chi connectivity index (χ1v) is 5.42. The summed E-state index contributed by atoms with van der Waals surface area (Å²) in [5.74, 6) is -1.48. The van der Waals surface area contributed by atoms with Crippen molar-refractivity contribution < 1.29 is 18.8 Å². The highest BCUT2D eigenvalue weighted by Gasteiger charge is 2.18. The average molecular weight is 280 g/mol. The second kappa shape index (κ2) is 5.43. The SMILES string of the molecule is COc1ccc(F)cc1C(=O)Cn1cnc([N+](=O)[O-])n1. The van der Waals surface area contributed by atoms with Gasteiger partial charge in [0.05, 0.1) is 12.7 Å². The second-order valence-corrected chi connectivity index (χ2v) is 3.77. The van der Waals surface area contributed by atoms with Crippen molar-refractivity contribution >= 4 is 11.7 Å². The van der Waals surface area contributed by atoms with E-state index in [1.807, 2.05) is 0 Å². The Balaban J connectivity index is 2.23. The number of aromatic nitrogens is 3. The van der Waals surface area contributed by atoms with Crippen molar-refractivity contribution in [2.24, 2.45) is 0 Å². The Hall–Kier alpha value is -2.84. The molecule has 1 heterocycles. The number of rotatable bonds is 5. The lowest BCUT2D eigenvalue weighted by Gasteiger charge is -2.06. The van der Waals surface area contributed by atoms with Crippen LogP contribution in [0.3, 0.4) is 0 Å². The number of methoxy groups -OCH3 is 1. The zero-order valence-electron chi connectivity index (χ0n) is 10.3. The maximum Gasteiger partial charge on any atom is 0.490 e. The lowest BCUT2D eigenvalue weighted by Crippen LogP contribution is -2.12. The summed E-state index contributed by atoms with van der Waals surface area (Å²) in [6.07, 6.45) is 1.06. The quantitative estimate of drug-likeness (QED) is 0.463. The molecule has 20 heavy (non-hydrogen) atoms. The van der Waals surface area contributed by atoms with Crippen LogP contribution in [0.15, 0.2) is 24.5 Å². The molecule has 104 valence electrons. The van der Waals surface area contributed by atoms with Crippen LogP contribution >= 0.6 is 0 Å². The molecule has 2 aromatic rings. The zero-order valence-corrected chi connectivity index (χ0v) is 10.3. The third-order valence-electron chi connectivity index (χ3n) is 2.46. The Labute approximate surface area is 112 Å². The summed E-state index contributed by atoms with van der Waals surface area (Å²) in [6.45, 7) is -0.305. The molecule has 0 spiro atoms. The van der Waals surface area contributed by atoms with Crippen LogP contribution in [0.5, 0.6) is 5.75 Å². The van der Waals surface area contributed by atoms with Gasteiger partial charge in [-0.2, -0.15) is 4.68 Å². The smallest absolute Gasteiger partial charge is 0.490 e. The van der Waals surface area contributed by atoms with E-state index in [-0.39, 0.29) is 17.9 Å². The van der Waals surface area contributed by atoms with Gasteiger partial charge < -0.3 is 14.9 Å². The van der Waals surface area contributed by atoms with Gasteiger partial charge in [0.2, 0.25) is 6.33 Å². The molecule has 0 unspecified atom stereocenters. The van der Waals surface area contributed by atoms with Gasteiger partial charge in [-0.3, -0.25) is 4.79 Å². The molecular weight excluding hydrogens is 271 g/mol. The highest BCUT2D eigenvalue weighted by molar-refractivity contribution is 5.98. The zero-order chi connectivity index (χ0) is 14.7. The van der Waals surface area contributed by atoms with Crippen molar-refractivity contribution in [2.75, 3.05) is 7.11 Å². The van der Waals surface area contributed by atoms with Gasteiger partial charge in [-0.25, -0.2) is 4.39 Å². The molecule has 0 amide bonds. The Morgan fingerprint density at radius 3 is 2.90 bits per heavy atom.